The van der Waals surface area contributed by atoms with Gasteiger partial charge < -0.3 is 5.73 Å². The zero-order chi connectivity index (χ0) is 6.85. The van der Waals surface area contributed by atoms with Crippen molar-refractivity contribution in [2.45, 2.75) is 0 Å². The fourth-order valence-corrected chi connectivity index (χ4v) is 0.990. The summed E-state index contributed by atoms with van der Waals surface area (Å²) in [4.78, 5) is 0. The molecular weight excluding hydrogens is 177 g/mol. The molecule has 0 saturated heterocycles. The highest BCUT2D eigenvalue weighted by molar-refractivity contribution is 9.10. The largest absolute Gasteiger partial charge is 0.399 e. The van der Waals surface area contributed by atoms with E-state index in [4.69, 9.17) is 5.73 Å². The van der Waals surface area contributed by atoms with Crippen LogP contribution in [0.1, 0.15) is 0 Å². The first-order valence-electron chi connectivity index (χ1n) is 2.72. The lowest BCUT2D eigenvalue weighted by atomic mass is 9.95. The monoisotopic (exact) mass is 183 g/mol. The molecule has 0 atom stereocenters. The molecule has 1 aromatic carbocycles. The van der Waals surface area contributed by atoms with E-state index in [0.717, 1.165) is 15.6 Å². The van der Waals surface area contributed by atoms with Crippen LogP contribution >= 0.6 is 15.9 Å². The molecule has 2 N–H and O–H groups in total. The lowest BCUT2D eigenvalue weighted by Gasteiger charge is -1.97. The molecule has 0 saturated carbocycles. The van der Waals surface area contributed by atoms with E-state index in [1.807, 2.05) is 26.0 Å². The summed E-state index contributed by atoms with van der Waals surface area (Å²) in [7, 11) is 1.99. The van der Waals surface area contributed by atoms with Gasteiger partial charge in [0.15, 0.2) is 0 Å². The van der Waals surface area contributed by atoms with Gasteiger partial charge in [0.1, 0.15) is 7.85 Å². The van der Waals surface area contributed by atoms with Gasteiger partial charge in [-0.2, -0.15) is 0 Å². The Morgan fingerprint density at radius 3 is 2.56 bits per heavy atom. The summed E-state index contributed by atoms with van der Waals surface area (Å²) in [5.74, 6) is 0. The van der Waals surface area contributed by atoms with Crippen molar-refractivity contribution in [3.8, 4) is 0 Å². The molecule has 0 aliphatic rings. The maximum Gasteiger partial charge on any atom is 0.142 e. The maximum absolute atomic E-state index is 5.59. The number of hydrogen-bond donors (Lipinski definition) is 1. The molecule has 0 fully saturated rings. The quantitative estimate of drug-likeness (QED) is 0.455. The van der Waals surface area contributed by atoms with Crippen LogP contribution in [0.2, 0.25) is 0 Å². The predicted molar refractivity (Wildman–Crippen MR) is 46.7 cm³/mol. The number of hydrogen-bond acceptors (Lipinski definition) is 1. The Morgan fingerprint density at radius 2 is 2.11 bits per heavy atom. The molecule has 0 amide bonds. The van der Waals surface area contributed by atoms with Crippen molar-refractivity contribution in [3.05, 3.63) is 22.7 Å². The first-order valence-corrected chi connectivity index (χ1v) is 3.51. The minimum Gasteiger partial charge on any atom is -0.399 e. The Balaban J connectivity index is 3.17. The summed E-state index contributed by atoms with van der Waals surface area (Å²) in [5, 5.41) is 0. The second kappa shape index (κ2) is 2.44. The second-order valence-electron chi connectivity index (χ2n) is 2.00. The zero-order valence-corrected chi connectivity index (χ0v) is 6.77. The number of nitrogens with two attached hydrogens (primary N) is 1. The van der Waals surface area contributed by atoms with Crippen LogP contribution in [0.15, 0.2) is 22.7 Å². The second-order valence-corrected chi connectivity index (χ2v) is 2.92. The van der Waals surface area contributed by atoms with Crippen LogP contribution in [-0.2, 0) is 0 Å². The van der Waals surface area contributed by atoms with Crippen molar-refractivity contribution in [1.29, 1.82) is 0 Å². The van der Waals surface area contributed by atoms with Gasteiger partial charge in [0.05, 0.1) is 0 Å². The Labute approximate surface area is 63.8 Å². The minimum atomic E-state index is 0.837. The molecule has 46 valence electrons. The van der Waals surface area contributed by atoms with Gasteiger partial charge in [-0.3, -0.25) is 0 Å². The molecule has 0 aliphatic carbocycles. The molecule has 3 heteroatoms. The van der Waals surface area contributed by atoms with Gasteiger partial charge >= 0.3 is 0 Å². The summed E-state index contributed by atoms with van der Waals surface area (Å²) < 4.78 is 1.03. The highest BCUT2D eigenvalue weighted by Crippen LogP contribution is 2.09. The van der Waals surface area contributed by atoms with Gasteiger partial charge in [-0.1, -0.05) is 27.5 Å². The molecule has 0 aromatic heterocycles. The smallest absolute Gasteiger partial charge is 0.142 e. The molecule has 1 nitrogen and oxygen atoms in total. The van der Waals surface area contributed by atoms with Crippen molar-refractivity contribution in [2.24, 2.45) is 0 Å². The molecular formula is C6H7BBrN. The highest BCUT2D eigenvalue weighted by Gasteiger charge is 1.90. The lowest BCUT2D eigenvalue weighted by Crippen LogP contribution is -2.08. The first-order chi connectivity index (χ1) is 4.20. The van der Waals surface area contributed by atoms with Crippen LogP contribution < -0.4 is 11.2 Å². The summed E-state index contributed by atoms with van der Waals surface area (Å²) in [6, 6.07) is 5.86. The van der Waals surface area contributed by atoms with Gasteiger partial charge in [0, 0.05) is 10.2 Å². The first kappa shape index (κ1) is 6.68. The molecule has 0 aliphatic heterocycles. The molecule has 0 bridgehead atoms. The number of benzene rings is 1. The fourth-order valence-electron chi connectivity index (χ4n) is 0.611. The van der Waals surface area contributed by atoms with Crippen LogP contribution in [0.25, 0.3) is 0 Å². The maximum atomic E-state index is 5.59. The SMILES string of the molecule is Bc1ccc(Br)cc1N. The predicted octanol–water partition coefficient (Wildman–Crippen LogP) is 0.290. The van der Waals surface area contributed by atoms with Gasteiger partial charge in [0.2, 0.25) is 0 Å². The average molecular weight is 184 g/mol. The Hall–Kier alpha value is -0.435. The molecule has 0 heterocycles. The summed E-state index contributed by atoms with van der Waals surface area (Å²) in [6.07, 6.45) is 0. The van der Waals surface area contributed by atoms with Gasteiger partial charge in [-0.15, -0.1) is 0 Å². The molecule has 1 rings (SSSR count). The highest BCUT2D eigenvalue weighted by atomic mass is 79.9. The van der Waals surface area contributed by atoms with Crippen molar-refractivity contribution in [3.63, 3.8) is 0 Å². The third kappa shape index (κ3) is 1.48. The summed E-state index contributed by atoms with van der Waals surface area (Å²) in [5.41, 5.74) is 7.55. The van der Waals surface area contributed by atoms with E-state index in [1.165, 1.54) is 0 Å². The van der Waals surface area contributed by atoms with E-state index in [2.05, 4.69) is 15.9 Å². The van der Waals surface area contributed by atoms with Crippen molar-refractivity contribution >= 4 is 34.9 Å². The number of nitrogen functional groups attached to an aromatic ring is 1. The Morgan fingerprint density at radius 1 is 1.44 bits per heavy atom. The molecule has 0 radical (unpaired) electrons. The molecule has 9 heavy (non-hydrogen) atoms. The van der Waals surface area contributed by atoms with Crippen LogP contribution in [0.3, 0.4) is 0 Å². The van der Waals surface area contributed by atoms with E-state index in [-0.39, 0.29) is 0 Å². The van der Waals surface area contributed by atoms with E-state index >= 15 is 0 Å². The summed E-state index contributed by atoms with van der Waals surface area (Å²) >= 11 is 3.32. The standard InChI is InChI=1S/C6H7BBrN/c7-5-2-1-4(8)3-6(5)9/h1-3H,7,9H2. The van der Waals surface area contributed by atoms with Crippen LogP contribution in [0.4, 0.5) is 5.69 Å². The molecule has 0 unspecified atom stereocenters. The van der Waals surface area contributed by atoms with E-state index in [9.17, 15) is 0 Å². The number of halogens is 1. The van der Waals surface area contributed by atoms with Crippen molar-refractivity contribution in [2.75, 3.05) is 5.73 Å². The normalized spacial score (nSPS) is 9.44. The lowest BCUT2D eigenvalue weighted by molar-refractivity contribution is 1.68. The van der Waals surface area contributed by atoms with Crippen LogP contribution in [0.5, 0.6) is 0 Å². The van der Waals surface area contributed by atoms with Crippen LogP contribution in [-0.4, -0.2) is 7.85 Å². The average Bonchev–Trinajstić information content (AvgIpc) is 1.80. The number of anilines is 1. The summed E-state index contributed by atoms with van der Waals surface area (Å²) in [6.45, 7) is 0. The Kier molecular flexibility index (Phi) is 1.81. The van der Waals surface area contributed by atoms with E-state index in [1.54, 1.807) is 0 Å². The zero-order valence-electron chi connectivity index (χ0n) is 5.19. The molecule has 1 aromatic rings. The van der Waals surface area contributed by atoms with E-state index < -0.39 is 0 Å². The number of rotatable bonds is 0. The topological polar surface area (TPSA) is 26.0 Å². The Bertz CT molecular complexity index is 224. The van der Waals surface area contributed by atoms with Gasteiger partial charge in [-0.05, 0) is 12.1 Å². The van der Waals surface area contributed by atoms with Gasteiger partial charge in [-0.25, -0.2) is 0 Å². The third-order valence-electron chi connectivity index (χ3n) is 1.24. The fraction of sp³-hybridized carbons (Fsp3) is 0. The van der Waals surface area contributed by atoms with E-state index in [0.29, 0.717) is 0 Å². The third-order valence-corrected chi connectivity index (χ3v) is 1.73. The van der Waals surface area contributed by atoms with Crippen LogP contribution in [0, 0.1) is 0 Å². The van der Waals surface area contributed by atoms with Crippen molar-refractivity contribution < 1.29 is 0 Å². The molecule has 0 spiro atoms. The van der Waals surface area contributed by atoms with Crippen molar-refractivity contribution in [1.82, 2.24) is 0 Å². The van der Waals surface area contributed by atoms with Gasteiger partial charge in [0.25, 0.3) is 0 Å². The minimum absolute atomic E-state index is 0.837.